The lowest BCUT2D eigenvalue weighted by molar-refractivity contribution is 0.0696. The maximum Gasteiger partial charge on any atom is 0.254 e. The van der Waals surface area contributed by atoms with Gasteiger partial charge in [-0.15, -0.1) is 0 Å². The number of likely N-dealkylation sites (N-methyl/N-ethyl adjacent to an activating group) is 1. The number of nitrogens with two attached hydrogens (primary N) is 1. The number of anilines is 1. The summed E-state index contributed by atoms with van der Waals surface area (Å²) in [6, 6.07) is 3.34. The highest BCUT2D eigenvalue weighted by molar-refractivity contribution is 6.39. The summed E-state index contributed by atoms with van der Waals surface area (Å²) in [6.07, 6.45) is 0.961. The van der Waals surface area contributed by atoms with Crippen molar-refractivity contribution in [2.24, 2.45) is 0 Å². The van der Waals surface area contributed by atoms with Crippen molar-refractivity contribution in [2.45, 2.75) is 19.4 Å². The van der Waals surface area contributed by atoms with Crippen LogP contribution in [-0.4, -0.2) is 48.4 Å². The molecule has 1 aliphatic heterocycles. The van der Waals surface area contributed by atoms with Crippen LogP contribution in [0.15, 0.2) is 12.1 Å². The third kappa shape index (κ3) is 3.19. The first kappa shape index (κ1) is 15.4. The smallest absolute Gasteiger partial charge is 0.254 e. The van der Waals surface area contributed by atoms with Gasteiger partial charge in [0.2, 0.25) is 0 Å². The highest BCUT2D eigenvalue weighted by Crippen LogP contribution is 2.29. The number of hydrogen-bond acceptors (Lipinski definition) is 3. The van der Waals surface area contributed by atoms with Gasteiger partial charge in [0.15, 0.2) is 0 Å². The molecule has 0 bridgehead atoms. The van der Waals surface area contributed by atoms with E-state index in [1.165, 1.54) is 0 Å². The van der Waals surface area contributed by atoms with Gasteiger partial charge in [0, 0.05) is 24.7 Å². The Balaban J connectivity index is 2.26. The third-order valence-electron chi connectivity index (χ3n) is 3.63. The summed E-state index contributed by atoms with van der Waals surface area (Å²) in [7, 11) is 2.07. The van der Waals surface area contributed by atoms with Crippen LogP contribution in [0, 0.1) is 0 Å². The molecule has 2 N–H and O–H groups in total. The van der Waals surface area contributed by atoms with Crippen LogP contribution in [0.25, 0.3) is 0 Å². The zero-order valence-electron chi connectivity index (χ0n) is 11.7. The average molecular weight is 316 g/mol. The van der Waals surface area contributed by atoms with Gasteiger partial charge in [0.05, 0.1) is 15.7 Å². The van der Waals surface area contributed by atoms with E-state index in [1.54, 1.807) is 12.1 Å². The van der Waals surface area contributed by atoms with Crippen molar-refractivity contribution < 1.29 is 4.79 Å². The molecule has 1 amide bonds. The highest BCUT2D eigenvalue weighted by atomic mass is 35.5. The Morgan fingerprint density at radius 3 is 2.50 bits per heavy atom. The molecule has 0 radical (unpaired) electrons. The van der Waals surface area contributed by atoms with Crippen molar-refractivity contribution in [3.8, 4) is 0 Å². The molecule has 1 atom stereocenters. The Bertz CT molecular complexity index is 498. The van der Waals surface area contributed by atoms with Crippen LogP contribution < -0.4 is 5.73 Å². The summed E-state index contributed by atoms with van der Waals surface area (Å²) < 4.78 is 0. The van der Waals surface area contributed by atoms with Crippen LogP contribution in [-0.2, 0) is 0 Å². The molecule has 110 valence electrons. The normalized spacial score (nSPS) is 20.8. The third-order valence-corrected chi connectivity index (χ3v) is 4.26. The number of rotatable bonds is 1. The second-order valence-electron chi connectivity index (χ2n) is 5.32. The van der Waals surface area contributed by atoms with Crippen LogP contribution >= 0.6 is 23.2 Å². The SMILES string of the molecule is CC1CN(C)CCCN1C(=O)c1cc(Cl)c(N)c(Cl)c1. The van der Waals surface area contributed by atoms with Crippen LogP contribution in [0.5, 0.6) is 0 Å². The quantitative estimate of drug-likeness (QED) is 0.811. The van der Waals surface area contributed by atoms with Crippen molar-refractivity contribution in [1.82, 2.24) is 9.80 Å². The molecule has 4 nitrogen and oxygen atoms in total. The van der Waals surface area contributed by atoms with Crippen molar-refractivity contribution in [2.75, 3.05) is 32.4 Å². The van der Waals surface area contributed by atoms with E-state index in [4.69, 9.17) is 28.9 Å². The number of amides is 1. The second-order valence-corrected chi connectivity index (χ2v) is 6.13. The molecule has 1 heterocycles. The first-order valence-corrected chi connectivity index (χ1v) is 7.39. The Kier molecular flexibility index (Phi) is 4.78. The molecule has 20 heavy (non-hydrogen) atoms. The fourth-order valence-corrected chi connectivity index (χ4v) is 3.03. The van der Waals surface area contributed by atoms with Crippen molar-refractivity contribution in [1.29, 1.82) is 0 Å². The number of nitrogen functional groups attached to an aromatic ring is 1. The predicted molar refractivity (Wildman–Crippen MR) is 83.5 cm³/mol. The minimum absolute atomic E-state index is 0.0448. The summed E-state index contributed by atoms with van der Waals surface area (Å²) in [5.74, 6) is -0.0448. The molecule has 0 spiro atoms. The average Bonchev–Trinajstić information content (AvgIpc) is 2.55. The second kappa shape index (κ2) is 6.20. The molecule has 1 fully saturated rings. The van der Waals surface area contributed by atoms with E-state index in [0.717, 1.165) is 26.1 Å². The van der Waals surface area contributed by atoms with E-state index >= 15 is 0 Å². The molecule has 0 aromatic heterocycles. The van der Waals surface area contributed by atoms with Crippen LogP contribution in [0.3, 0.4) is 0 Å². The van der Waals surface area contributed by atoms with Gasteiger partial charge in [0.25, 0.3) is 5.91 Å². The van der Waals surface area contributed by atoms with Gasteiger partial charge < -0.3 is 15.5 Å². The van der Waals surface area contributed by atoms with Crippen LogP contribution in [0.4, 0.5) is 5.69 Å². The molecular weight excluding hydrogens is 297 g/mol. The lowest BCUT2D eigenvalue weighted by Crippen LogP contribution is -2.42. The van der Waals surface area contributed by atoms with Gasteiger partial charge in [-0.25, -0.2) is 0 Å². The van der Waals surface area contributed by atoms with E-state index in [2.05, 4.69) is 18.9 Å². The molecule has 1 unspecified atom stereocenters. The van der Waals surface area contributed by atoms with Gasteiger partial charge in [-0.1, -0.05) is 23.2 Å². The number of carbonyl (C=O) groups is 1. The lowest BCUT2D eigenvalue weighted by Gasteiger charge is -2.28. The minimum Gasteiger partial charge on any atom is -0.396 e. The highest BCUT2D eigenvalue weighted by Gasteiger charge is 2.25. The lowest BCUT2D eigenvalue weighted by atomic mass is 10.1. The summed E-state index contributed by atoms with van der Waals surface area (Å²) in [6.45, 7) is 4.66. The van der Waals surface area contributed by atoms with Gasteiger partial charge in [-0.3, -0.25) is 4.79 Å². The fraction of sp³-hybridized carbons (Fsp3) is 0.500. The molecule has 0 aliphatic carbocycles. The first-order chi connectivity index (χ1) is 9.40. The summed E-state index contributed by atoms with van der Waals surface area (Å²) in [5.41, 5.74) is 6.51. The zero-order chi connectivity index (χ0) is 14.9. The molecule has 2 rings (SSSR count). The summed E-state index contributed by atoms with van der Waals surface area (Å²) in [5, 5.41) is 0.640. The Morgan fingerprint density at radius 2 is 1.90 bits per heavy atom. The number of nitrogens with zero attached hydrogens (tertiary/aromatic N) is 2. The fourth-order valence-electron chi connectivity index (χ4n) is 2.55. The Labute approximate surface area is 129 Å². The largest absolute Gasteiger partial charge is 0.396 e. The van der Waals surface area contributed by atoms with E-state index in [9.17, 15) is 4.79 Å². The number of hydrogen-bond donors (Lipinski definition) is 1. The van der Waals surface area contributed by atoms with E-state index in [-0.39, 0.29) is 11.9 Å². The molecule has 1 aliphatic rings. The number of halogens is 2. The molecular formula is C14H19Cl2N3O. The molecule has 1 aromatic rings. The summed E-state index contributed by atoms with van der Waals surface area (Å²) in [4.78, 5) is 16.7. The molecule has 1 saturated heterocycles. The van der Waals surface area contributed by atoms with E-state index in [1.807, 2.05) is 4.90 Å². The maximum absolute atomic E-state index is 12.6. The maximum atomic E-state index is 12.6. The zero-order valence-corrected chi connectivity index (χ0v) is 13.2. The predicted octanol–water partition coefficient (Wildman–Crippen LogP) is 2.74. The Hall–Kier alpha value is -0.970. The van der Waals surface area contributed by atoms with Crippen molar-refractivity contribution >= 4 is 34.8 Å². The first-order valence-electron chi connectivity index (χ1n) is 6.64. The monoisotopic (exact) mass is 315 g/mol. The van der Waals surface area contributed by atoms with E-state index in [0.29, 0.717) is 21.3 Å². The van der Waals surface area contributed by atoms with Gasteiger partial charge in [-0.2, -0.15) is 0 Å². The molecule has 6 heteroatoms. The van der Waals surface area contributed by atoms with Gasteiger partial charge >= 0.3 is 0 Å². The molecule has 0 saturated carbocycles. The number of benzene rings is 1. The van der Waals surface area contributed by atoms with E-state index < -0.39 is 0 Å². The van der Waals surface area contributed by atoms with Gasteiger partial charge in [0.1, 0.15) is 0 Å². The van der Waals surface area contributed by atoms with Crippen LogP contribution in [0.1, 0.15) is 23.7 Å². The number of carbonyl (C=O) groups excluding carboxylic acids is 1. The standard InChI is InChI=1S/C14H19Cl2N3O/c1-9-8-18(2)4-3-5-19(9)14(20)10-6-11(15)13(17)12(16)7-10/h6-7,9H,3-5,8,17H2,1-2H3. The van der Waals surface area contributed by atoms with Crippen molar-refractivity contribution in [3.63, 3.8) is 0 Å². The molecule has 1 aromatic carbocycles. The van der Waals surface area contributed by atoms with Crippen LogP contribution in [0.2, 0.25) is 10.0 Å². The topological polar surface area (TPSA) is 49.6 Å². The summed E-state index contributed by atoms with van der Waals surface area (Å²) >= 11 is 12.0. The Morgan fingerprint density at radius 1 is 1.30 bits per heavy atom. The van der Waals surface area contributed by atoms with Gasteiger partial charge in [-0.05, 0) is 39.1 Å². The minimum atomic E-state index is -0.0448. The van der Waals surface area contributed by atoms with Crippen molar-refractivity contribution in [3.05, 3.63) is 27.7 Å².